The lowest BCUT2D eigenvalue weighted by atomic mass is 9.48. The number of aromatic nitrogens is 2. The van der Waals surface area contributed by atoms with Crippen LogP contribution in [0.2, 0.25) is 5.02 Å². The lowest BCUT2D eigenvalue weighted by Crippen LogP contribution is -2.48. The van der Waals surface area contributed by atoms with Crippen molar-refractivity contribution in [1.82, 2.24) is 10.2 Å². The summed E-state index contributed by atoms with van der Waals surface area (Å²) >= 11 is 9.37. The second kappa shape index (κ2) is 6.67. The minimum absolute atomic E-state index is 0.338. The molecule has 132 valence electrons. The van der Waals surface area contributed by atoms with E-state index in [1.165, 1.54) is 36.3 Å². The van der Waals surface area contributed by atoms with Gasteiger partial charge in [-0.2, -0.15) is 0 Å². The zero-order valence-corrected chi connectivity index (χ0v) is 16.6. The Hall–Kier alpha value is -0.910. The molecule has 2 bridgehead atoms. The molecule has 3 aliphatic rings. The molecule has 0 aliphatic heterocycles. The highest BCUT2D eigenvalue weighted by Crippen LogP contribution is 2.59. The van der Waals surface area contributed by atoms with Crippen LogP contribution in [-0.4, -0.2) is 16.0 Å². The van der Waals surface area contributed by atoms with Crippen LogP contribution in [-0.2, 0) is 0 Å². The fourth-order valence-electron chi connectivity index (χ4n) is 4.05. The van der Waals surface area contributed by atoms with Crippen LogP contribution in [0.4, 0.5) is 4.39 Å². The predicted molar refractivity (Wildman–Crippen MR) is 104 cm³/mol. The highest BCUT2D eigenvalue weighted by Gasteiger charge is 2.50. The maximum absolute atomic E-state index is 13.2. The summed E-state index contributed by atoms with van der Waals surface area (Å²) in [7, 11) is 0. The number of rotatable bonds is 5. The third-order valence-corrected chi connectivity index (χ3v) is 8.17. The van der Waals surface area contributed by atoms with Gasteiger partial charge in [-0.15, -0.1) is 10.2 Å². The van der Waals surface area contributed by atoms with E-state index in [-0.39, 0.29) is 5.82 Å². The van der Waals surface area contributed by atoms with Gasteiger partial charge in [-0.1, -0.05) is 60.2 Å². The Balaban J connectivity index is 1.37. The lowest BCUT2D eigenvalue weighted by molar-refractivity contribution is -0.00767. The molecule has 2 nitrogen and oxygen atoms in total. The molecule has 2 atom stereocenters. The predicted octanol–water partition coefficient (Wildman–Crippen LogP) is 6.47. The molecule has 1 aromatic carbocycles. The van der Waals surface area contributed by atoms with Crippen LogP contribution in [0.5, 0.6) is 0 Å². The molecule has 0 amide bonds. The normalized spacial score (nSPS) is 23.9. The molecule has 1 heterocycles. The van der Waals surface area contributed by atoms with Crippen molar-refractivity contribution in [2.45, 2.75) is 37.4 Å². The topological polar surface area (TPSA) is 25.8 Å². The van der Waals surface area contributed by atoms with Crippen molar-refractivity contribution in [3.05, 3.63) is 40.7 Å². The van der Waals surface area contributed by atoms with E-state index >= 15 is 0 Å². The first-order chi connectivity index (χ1) is 11.9. The number of nitrogens with zero attached hydrogens (tertiary/aromatic N) is 2. The molecule has 6 heteroatoms. The van der Waals surface area contributed by atoms with Crippen molar-refractivity contribution in [2.75, 3.05) is 5.75 Å². The van der Waals surface area contributed by atoms with Crippen LogP contribution in [0.3, 0.4) is 0 Å². The second-order valence-electron chi connectivity index (χ2n) is 7.42. The summed E-state index contributed by atoms with van der Waals surface area (Å²) in [6.07, 6.45) is 6.21. The van der Waals surface area contributed by atoms with E-state index in [0.717, 1.165) is 38.9 Å². The summed E-state index contributed by atoms with van der Waals surface area (Å²) in [4.78, 5) is 0. The monoisotopic (exact) mass is 394 g/mol. The highest BCUT2D eigenvalue weighted by molar-refractivity contribution is 8.01. The van der Waals surface area contributed by atoms with E-state index < -0.39 is 0 Å². The molecule has 0 saturated heterocycles. The van der Waals surface area contributed by atoms with Crippen molar-refractivity contribution < 1.29 is 4.39 Å². The van der Waals surface area contributed by atoms with E-state index in [2.05, 4.69) is 30.1 Å². The molecule has 5 rings (SSSR count). The van der Waals surface area contributed by atoms with Crippen molar-refractivity contribution in [2.24, 2.45) is 17.3 Å². The lowest BCUT2D eigenvalue weighted by Gasteiger charge is -2.56. The maximum Gasteiger partial charge on any atom is 0.174 e. The quantitative estimate of drug-likeness (QED) is 0.429. The SMILES string of the molecule is CC1(C)C2CC=C(CCSc3nnc(-c4ccc(F)cc4Cl)s3)C1C2. The maximum atomic E-state index is 13.2. The summed E-state index contributed by atoms with van der Waals surface area (Å²) < 4.78 is 14.1. The fraction of sp³-hybridized carbons (Fsp3) is 0.474. The Morgan fingerprint density at radius 2 is 2.20 bits per heavy atom. The zero-order valence-electron chi connectivity index (χ0n) is 14.3. The Bertz CT molecular complexity index is 831. The minimum atomic E-state index is -0.338. The van der Waals surface area contributed by atoms with Crippen LogP contribution in [0.1, 0.15) is 33.1 Å². The highest BCUT2D eigenvalue weighted by atomic mass is 35.5. The largest absolute Gasteiger partial charge is 0.207 e. The molecular weight excluding hydrogens is 375 g/mol. The van der Waals surface area contributed by atoms with Gasteiger partial charge in [-0.25, -0.2) is 4.39 Å². The smallest absolute Gasteiger partial charge is 0.174 e. The van der Waals surface area contributed by atoms with Crippen LogP contribution in [0, 0.1) is 23.1 Å². The molecule has 25 heavy (non-hydrogen) atoms. The summed E-state index contributed by atoms with van der Waals surface area (Å²) in [5.74, 6) is 2.35. The number of halogens is 2. The van der Waals surface area contributed by atoms with Gasteiger partial charge in [-0.3, -0.25) is 0 Å². The number of allylic oxidation sites excluding steroid dienone is 2. The Kier molecular flexibility index (Phi) is 4.67. The molecule has 1 aromatic heterocycles. The van der Waals surface area contributed by atoms with Gasteiger partial charge in [0.05, 0.1) is 5.02 Å². The third kappa shape index (κ3) is 3.26. The van der Waals surface area contributed by atoms with Gasteiger partial charge in [0.25, 0.3) is 0 Å². The number of hydrogen-bond acceptors (Lipinski definition) is 4. The van der Waals surface area contributed by atoms with Crippen LogP contribution < -0.4 is 0 Å². The Morgan fingerprint density at radius 3 is 2.92 bits per heavy atom. The van der Waals surface area contributed by atoms with Crippen LogP contribution in [0.25, 0.3) is 10.6 Å². The van der Waals surface area contributed by atoms with E-state index in [4.69, 9.17) is 11.6 Å². The van der Waals surface area contributed by atoms with E-state index in [1.54, 1.807) is 23.4 Å². The first-order valence-corrected chi connectivity index (χ1v) is 10.7. The number of benzene rings is 1. The molecular formula is C19H20ClFN2S2. The standard InChI is InChI=1S/C19H20ClFN2S2/c1-19(2)12-4-3-11(15(19)9-12)7-8-24-18-23-22-17(25-18)14-6-5-13(21)10-16(14)20/h3,5-6,10,12,15H,4,7-9H2,1-2H3. The first kappa shape index (κ1) is 17.5. The van der Waals surface area contributed by atoms with Crippen molar-refractivity contribution in [3.63, 3.8) is 0 Å². The molecule has 1 fully saturated rings. The van der Waals surface area contributed by atoms with Gasteiger partial charge in [0.15, 0.2) is 4.34 Å². The molecule has 0 N–H and O–H groups in total. The Morgan fingerprint density at radius 1 is 1.36 bits per heavy atom. The molecule has 2 aromatic rings. The minimum Gasteiger partial charge on any atom is -0.207 e. The zero-order chi connectivity index (χ0) is 17.6. The van der Waals surface area contributed by atoms with E-state index in [1.807, 2.05) is 0 Å². The number of thioether (sulfide) groups is 1. The molecule has 2 unspecified atom stereocenters. The fourth-order valence-corrected chi connectivity index (χ4v) is 6.32. The summed E-state index contributed by atoms with van der Waals surface area (Å²) in [5, 5.41) is 9.59. The molecule has 3 aliphatic carbocycles. The molecule has 1 saturated carbocycles. The molecule has 0 radical (unpaired) electrons. The summed E-state index contributed by atoms with van der Waals surface area (Å²) in [6.45, 7) is 4.82. The van der Waals surface area contributed by atoms with Crippen molar-refractivity contribution in [1.29, 1.82) is 0 Å². The average Bonchev–Trinajstić information content (AvgIpc) is 3.03. The van der Waals surface area contributed by atoms with Gasteiger partial charge in [0.2, 0.25) is 0 Å². The van der Waals surface area contributed by atoms with Crippen molar-refractivity contribution in [3.8, 4) is 10.6 Å². The van der Waals surface area contributed by atoms with Crippen molar-refractivity contribution >= 4 is 34.7 Å². The average molecular weight is 395 g/mol. The molecule has 0 spiro atoms. The third-order valence-electron chi connectivity index (χ3n) is 5.77. The van der Waals surface area contributed by atoms with E-state index in [9.17, 15) is 4.39 Å². The van der Waals surface area contributed by atoms with Gasteiger partial charge in [0, 0.05) is 11.3 Å². The second-order valence-corrected chi connectivity index (χ2v) is 10.1. The van der Waals surface area contributed by atoms with E-state index in [0.29, 0.717) is 10.4 Å². The number of hydrogen-bond donors (Lipinski definition) is 0. The van der Waals surface area contributed by atoms with Gasteiger partial charge in [-0.05, 0) is 54.7 Å². The first-order valence-electron chi connectivity index (χ1n) is 8.56. The summed E-state index contributed by atoms with van der Waals surface area (Å²) in [6, 6.07) is 4.38. The number of fused-ring (bicyclic) bond motifs is 1. The van der Waals surface area contributed by atoms with Gasteiger partial charge in [0.1, 0.15) is 10.8 Å². The van der Waals surface area contributed by atoms with Gasteiger partial charge < -0.3 is 0 Å². The van der Waals surface area contributed by atoms with Gasteiger partial charge >= 0.3 is 0 Å². The Labute approximate surface area is 160 Å². The van der Waals surface area contributed by atoms with Crippen LogP contribution >= 0.6 is 34.7 Å². The summed E-state index contributed by atoms with van der Waals surface area (Å²) in [5.41, 5.74) is 2.86. The van der Waals surface area contributed by atoms with Crippen LogP contribution in [0.15, 0.2) is 34.2 Å².